The van der Waals surface area contributed by atoms with Crippen LogP contribution in [0.4, 0.5) is 25.8 Å². The average Bonchev–Trinajstić information content (AvgIpc) is 3.58. The predicted octanol–water partition coefficient (Wildman–Crippen LogP) is 11.7. The summed E-state index contributed by atoms with van der Waals surface area (Å²) in [5.41, 5.74) is 5.55. The first-order valence-electron chi connectivity index (χ1n) is 25.5. The van der Waals surface area contributed by atoms with Crippen LogP contribution in [0.3, 0.4) is 0 Å². The van der Waals surface area contributed by atoms with Crippen LogP contribution in [0.1, 0.15) is 153 Å². The van der Waals surface area contributed by atoms with E-state index in [1.54, 1.807) is 30.6 Å². The number of para-hydroxylation sites is 2. The molecule has 13 heteroatoms. The van der Waals surface area contributed by atoms with Gasteiger partial charge in [-0.2, -0.15) is 4.58 Å². The highest BCUT2D eigenvalue weighted by atomic mass is 16.6. The van der Waals surface area contributed by atoms with Gasteiger partial charge in [0.05, 0.1) is 5.41 Å². The molecule has 0 saturated heterocycles. The van der Waals surface area contributed by atoms with Crippen molar-refractivity contribution < 1.29 is 38.0 Å². The van der Waals surface area contributed by atoms with Crippen LogP contribution in [0.5, 0.6) is 0 Å². The topological polar surface area (TPSA) is 133 Å². The molecule has 0 aliphatic carbocycles. The fourth-order valence-corrected chi connectivity index (χ4v) is 8.98. The van der Waals surface area contributed by atoms with Gasteiger partial charge in [-0.25, -0.2) is 14.4 Å². The maximum absolute atomic E-state index is 13.3. The molecular formula is C57H87N6O7+. The molecule has 2 aliphatic heterocycles. The Balaban J connectivity index is 1.25. The first kappa shape index (κ1) is 57.0. The molecule has 2 aliphatic rings. The van der Waals surface area contributed by atoms with Crippen LogP contribution in [0.2, 0.25) is 0 Å². The Morgan fingerprint density at radius 2 is 1.14 bits per heavy atom. The normalized spacial score (nSPS) is 15.9. The minimum atomic E-state index is -0.664. The van der Waals surface area contributed by atoms with Crippen LogP contribution in [-0.2, 0) is 29.8 Å². The molecule has 0 saturated carbocycles. The standard InChI is InChI=1S/C57H86N6O7/c1-53(2,3)68-50(65)59-37-28-41-62(52(67)70-55(7,8)9)39-26-25-38-61(51(66)69-54(4,5)6)40-27-36-58-49(64)35-19-16-24-42-63-46-32-23-21-30-44(46)57(12,13)48(63)34-18-15-17-33-47-56(10,11)43-29-20-22-31-45(43)60(47)14/h15,17-18,20-23,29-34H,16,19,24-28,35-42H2,1-14H3,(H-,58,59,64,65)/p+1. The SMILES string of the molecule is CN1/C(=C/C=C/C=C/C2=[N+](CCCCCC(=O)NCCCN(CCCCN(CCCNC(=O)OC(C)(C)C)C(=O)OC(C)(C)C)C(=O)OC(C)(C)C)c3ccccc3C2(C)C)C(C)(C)c2ccccc21. The number of rotatable bonds is 22. The van der Waals surface area contributed by atoms with Gasteiger partial charge in [0, 0.05) is 93.7 Å². The number of nitrogens with zero attached hydrogens (tertiary/aromatic N) is 4. The van der Waals surface area contributed by atoms with Crippen molar-refractivity contribution >= 4 is 41.3 Å². The number of hydrogen-bond donors (Lipinski definition) is 2. The number of alkyl carbamates (subject to hydrolysis) is 1. The van der Waals surface area contributed by atoms with E-state index < -0.39 is 35.1 Å². The second-order valence-corrected chi connectivity index (χ2v) is 22.6. The maximum Gasteiger partial charge on any atom is 0.410 e. The molecule has 2 aromatic carbocycles. The molecule has 0 spiro atoms. The van der Waals surface area contributed by atoms with Crippen molar-refractivity contribution in [3.63, 3.8) is 0 Å². The summed E-state index contributed by atoms with van der Waals surface area (Å²) in [7, 11) is 2.14. The third-order valence-corrected chi connectivity index (χ3v) is 12.4. The molecule has 4 rings (SSSR count). The third kappa shape index (κ3) is 17.4. The van der Waals surface area contributed by atoms with Crippen molar-refractivity contribution in [1.29, 1.82) is 0 Å². The Kier molecular flexibility index (Phi) is 20.3. The lowest BCUT2D eigenvalue weighted by Crippen LogP contribution is -2.40. The van der Waals surface area contributed by atoms with E-state index in [-0.39, 0.29) is 16.7 Å². The monoisotopic (exact) mass is 968 g/mol. The smallest absolute Gasteiger partial charge is 0.410 e. The van der Waals surface area contributed by atoms with Crippen LogP contribution in [0.25, 0.3) is 0 Å². The maximum atomic E-state index is 13.3. The van der Waals surface area contributed by atoms with E-state index >= 15 is 0 Å². The van der Waals surface area contributed by atoms with Gasteiger partial charge in [0.15, 0.2) is 5.71 Å². The molecule has 70 heavy (non-hydrogen) atoms. The summed E-state index contributed by atoms with van der Waals surface area (Å²) < 4.78 is 19.2. The Labute approximate surface area is 420 Å². The van der Waals surface area contributed by atoms with E-state index in [4.69, 9.17) is 14.2 Å². The molecule has 0 radical (unpaired) electrons. The molecule has 2 heterocycles. The fourth-order valence-electron chi connectivity index (χ4n) is 8.98. The number of carbonyl (C=O) groups is 4. The van der Waals surface area contributed by atoms with E-state index in [1.807, 2.05) is 41.5 Å². The summed E-state index contributed by atoms with van der Waals surface area (Å²) in [6.45, 7) is 28.9. The quantitative estimate of drug-likeness (QED) is 0.0516. The van der Waals surface area contributed by atoms with Crippen LogP contribution in [-0.4, -0.2) is 114 Å². The van der Waals surface area contributed by atoms with Gasteiger partial charge in [-0.05, 0) is 132 Å². The number of unbranched alkanes of at least 4 members (excludes halogenated alkanes) is 3. The largest absolute Gasteiger partial charge is 0.444 e. The number of nitrogens with one attached hydrogen (secondary N) is 2. The van der Waals surface area contributed by atoms with Gasteiger partial charge >= 0.3 is 18.3 Å². The minimum Gasteiger partial charge on any atom is -0.444 e. The molecule has 2 aromatic rings. The van der Waals surface area contributed by atoms with Crippen LogP contribution < -0.4 is 15.5 Å². The van der Waals surface area contributed by atoms with E-state index in [2.05, 4.69) is 134 Å². The molecule has 0 fully saturated rings. The summed E-state index contributed by atoms with van der Waals surface area (Å²) >= 11 is 0. The number of allylic oxidation sites excluding steroid dienone is 6. The zero-order valence-corrected chi connectivity index (χ0v) is 45.3. The lowest BCUT2D eigenvalue weighted by atomic mass is 9.81. The van der Waals surface area contributed by atoms with E-state index in [0.717, 1.165) is 25.8 Å². The molecule has 0 atom stereocenters. The number of benzene rings is 2. The number of likely N-dealkylation sites (N-methyl/N-ethyl adjacent to an activating group) is 1. The summed E-state index contributed by atoms with van der Waals surface area (Å²) in [4.78, 5) is 57.1. The van der Waals surface area contributed by atoms with Crippen LogP contribution in [0.15, 0.2) is 84.6 Å². The molecule has 386 valence electrons. The zero-order valence-electron chi connectivity index (χ0n) is 45.3. The highest BCUT2D eigenvalue weighted by Crippen LogP contribution is 2.46. The summed E-state index contributed by atoms with van der Waals surface area (Å²) in [5, 5.41) is 5.80. The highest BCUT2D eigenvalue weighted by Gasteiger charge is 2.44. The van der Waals surface area contributed by atoms with Crippen molar-refractivity contribution in [3.8, 4) is 0 Å². The third-order valence-electron chi connectivity index (χ3n) is 12.4. The number of ether oxygens (including phenoxy) is 3. The first-order chi connectivity index (χ1) is 32.7. The van der Waals surface area contributed by atoms with Gasteiger partial charge in [-0.1, -0.05) is 68.5 Å². The van der Waals surface area contributed by atoms with Crippen molar-refractivity contribution in [2.45, 2.75) is 169 Å². The molecular weight excluding hydrogens is 881 g/mol. The van der Waals surface area contributed by atoms with Gasteiger partial charge in [-0.3, -0.25) is 4.79 Å². The van der Waals surface area contributed by atoms with Crippen LogP contribution >= 0.6 is 0 Å². The summed E-state index contributed by atoms with van der Waals surface area (Å²) in [6.07, 6.45) is 15.0. The zero-order chi connectivity index (χ0) is 51.9. The van der Waals surface area contributed by atoms with Crippen molar-refractivity contribution in [3.05, 3.63) is 95.7 Å². The van der Waals surface area contributed by atoms with Crippen molar-refractivity contribution in [2.24, 2.45) is 0 Å². The Bertz CT molecular complexity index is 2220. The van der Waals surface area contributed by atoms with Gasteiger partial charge < -0.3 is 39.5 Å². The molecule has 4 amide bonds. The second kappa shape index (κ2) is 25.0. The Morgan fingerprint density at radius 1 is 0.614 bits per heavy atom. The Hall–Kier alpha value is -5.59. The van der Waals surface area contributed by atoms with Gasteiger partial charge in [0.2, 0.25) is 11.6 Å². The van der Waals surface area contributed by atoms with Crippen molar-refractivity contribution in [2.75, 3.05) is 57.8 Å². The second-order valence-electron chi connectivity index (χ2n) is 22.6. The molecule has 13 nitrogen and oxygen atoms in total. The predicted molar refractivity (Wildman–Crippen MR) is 283 cm³/mol. The van der Waals surface area contributed by atoms with Gasteiger partial charge in [0.25, 0.3) is 0 Å². The van der Waals surface area contributed by atoms with E-state index in [0.29, 0.717) is 71.4 Å². The number of fused-ring (bicyclic) bond motifs is 2. The van der Waals surface area contributed by atoms with E-state index in [9.17, 15) is 19.2 Å². The van der Waals surface area contributed by atoms with Crippen molar-refractivity contribution in [1.82, 2.24) is 20.4 Å². The number of hydrogen-bond acceptors (Lipinski definition) is 8. The minimum absolute atomic E-state index is 0.00741. The molecule has 0 bridgehead atoms. The molecule has 2 N–H and O–H groups in total. The Morgan fingerprint density at radius 3 is 1.71 bits per heavy atom. The van der Waals surface area contributed by atoms with E-state index in [1.165, 1.54) is 33.9 Å². The average molecular weight is 968 g/mol. The lowest BCUT2D eigenvalue weighted by molar-refractivity contribution is -0.438. The number of carbonyl (C=O) groups excluding carboxylic acids is 4. The molecule has 0 aromatic heterocycles. The van der Waals surface area contributed by atoms with Gasteiger partial charge in [-0.15, -0.1) is 0 Å². The lowest BCUT2D eigenvalue weighted by Gasteiger charge is -2.29. The fraction of sp³-hybridized carbons (Fsp3) is 0.596. The highest BCUT2D eigenvalue weighted by molar-refractivity contribution is 6.03. The molecule has 0 unspecified atom stereocenters. The number of amides is 4. The van der Waals surface area contributed by atoms with Gasteiger partial charge in [0.1, 0.15) is 23.3 Å². The summed E-state index contributed by atoms with van der Waals surface area (Å²) in [6, 6.07) is 17.3. The van der Waals surface area contributed by atoms with Crippen LogP contribution in [0, 0.1) is 0 Å². The number of anilines is 1. The first-order valence-corrected chi connectivity index (χ1v) is 25.5. The summed E-state index contributed by atoms with van der Waals surface area (Å²) in [5.74, 6) is 0.00741.